The van der Waals surface area contributed by atoms with Gasteiger partial charge in [0.25, 0.3) is 0 Å². The highest BCUT2D eigenvalue weighted by atomic mass is 32.2. The maximum atomic E-state index is 14.4. The summed E-state index contributed by atoms with van der Waals surface area (Å²) >= 11 is 5.82. The van der Waals surface area contributed by atoms with Crippen LogP contribution < -0.4 is 0 Å². The first-order chi connectivity index (χ1) is 29.4. The van der Waals surface area contributed by atoms with Crippen LogP contribution in [0.5, 0.6) is 0 Å². The van der Waals surface area contributed by atoms with Gasteiger partial charge in [-0.25, -0.2) is 0 Å². The Morgan fingerprint density at radius 2 is 0.483 bits per heavy atom. The number of fused-ring (bicyclic) bond motifs is 8. The third-order valence-electron chi connectivity index (χ3n) is 9.81. The molecule has 0 radical (unpaired) electrons. The molecule has 0 spiro atoms. The van der Waals surface area contributed by atoms with Crippen LogP contribution in [-0.2, 0) is 0 Å². The van der Waals surface area contributed by atoms with Crippen LogP contribution in [0, 0.1) is 0 Å². The Morgan fingerprint density at radius 3 is 0.717 bits per heavy atom. The van der Waals surface area contributed by atoms with Crippen LogP contribution in [0.4, 0.5) is 0 Å². The van der Waals surface area contributed by atoms with Crippen molar-refractivity contribution >= 4 is 70.2 Å². The zero-order chi connectivity index (χ0) is 41.0. The Labute approximate surface area is 364 Å². The number of benzene rings is 8. The van der Waals surface area contributed by atoms with Crippen LogP contribution in [0.2, 0.25) is 0 Å². The van der Waals surface area contributed by atoms with Gasteiger partial charge in [-0.2, -0.15) is 0 Å². The second kappa shape index (κ2) is 17.6. The standard InChI is InChI=1S/C52H32O4S4/c53-49(33-15-5-1-6-16-33)41-29-42(50(54)34-17-7-2-8-18-34)46-31-45(41)57-37-23-13-24-38(27-37)59-47-32-48(60-40-26-14-25-39(28-40)58-46)44(52(56)36-21-11-4-12-22-36)30-43(47)51(55)35-19-9-3-10-20-35/h1-32H. The molecule has 0 aromatic heterocycles. The van der Waals surface area contributed by atoms with E-state index in [1.165, 1.54) is 47.0 Å². The topological polar surface area (TPSA) is 68.3 Å². The molecule has 9 rings (SSSR count). The van der Waals surface area contributed by atoms with Gasteiger partial charge in [-0.15, -0.1) is 0 Å². The van der Waals surface area contributed by atoms with Crippen LogP contribution in [0.1, 0.15) is 63.7 Å². The van der Waals surface area contributed by atoms with Gasteiger partial charge >= 0.3 is 0 Å². The van der Waals surface area contributed by atoms with E-state index in [9.17, 15) is 19.2 Å². The number of hydrogen-bond acceptors (Lipinski definition) is 8. The molecule has 0 saturated heterocycles. The van der Waals surface area contributed by atoms with E-state index in [0.717, 1.165) is 19.6 Å². The first-order valence-corrected chi connectivity index (χ1v) is 22.3. The van der Waals surface area contributed by atoms with E-state index in [1.807, 2.05) is 133 Å². The van der Waals surface area contributed by atoms with Gasteiger partial charge in [0.1, 0.15) is 0 Å². The molecule has 0 fully saturated rings. The molecule has 0 N–H and O–H groups in total. The zero-order valence-corrected chi connectivity index (χ0v) is 35.0. The number of ketones is 4. The van der Waals surface area contributed by atoms with E-state index in [-0.39, 0.29) is 23.1 Å². The molecule has 0 amide bonds. The van der Waals surface area contributed by atoms with Crippen molar-refractivity contribution in [2.45, 2.75) is 39.2 Å². The summed E-state index contributed by atoms with van der Waals surface area (Å²) in [4.78, 5) is 63.9. The van der Waals surface area contributed by atoms with Crippen LogP contribution in [-0.4, -0.2) is 23.1 Å². The lowest BCUT2D eigenvalue weighted by atomic mass is 9.97. The predicted octanol–water partition coefficient (Wildman–Crippen LogP) is 13.5. The Balaban J connectivity index is 1.24. The molecule has 1 aliphatic heterocycles. The number of carbonyl (C=O) groups is 4. The molecule has 60 heavy (non-hydrogen) atoms. The van der Waals surface area contributed by atoms with E-state index in [1.54, 1.807) is 60.7 Å². The Kier molecular flexibility index (Phi) is 11.5. The molecule has 0 aliphatic carbocycles. The summed E-state index contributed by atoms with van der Waals surface area (Å²) in [5.41, 5.74) is 3.80. The predicted molar refractivity (Wildman–Crippen MR) is 242 cm³/mol. The Hall–Kier alpha value is -6.16. The van der Waals surface area contributed by atoms with Gasteiger partial charge in [-0.05, 0) is 60.7 Å². The fourth-order valence-electron chi connectivity index (χ4n) is 6.86. The maximum Gasteiger partial charge on any atom is 0.194 e. The monoisotopic (exact) mass is 848 g/mol. The lowest BCUT2D eigenvalue weighted by Crippen LogP contribution is -2.09. The minimum absolute atomic E-state index is 0.183. The van der Waals surface area contributed by atoms with Crippen molar-refractivity contribution in [3.8, 4) is 0 Å². The number of carbonyl (C=O) groups excluding carboxylic acids is 4. The van der Waals surface area contributed by atoms with Crippen molar-refractivity contribution in [2.24, 2.45) is 0 Å². The highest BCUT2D eigenvalue weighted by molar-refractivity contribution is 8.01. The summed E-state index contributed by atoms with van der Waals surface area (Å²) in [6.45, 7) is 0. The third kappa shape index (κ3) is 8.46. The summed E-state index contributed by atoms with van der Waals surface area (Å²) < 4.78 is 0. The first kappa shape index (κ1) is 39.3. The van der Waals surface area contributed by atoms with E-state index in [4.69, 9.17) is 0 Å². The minimum atomic E-state index is -0.183. The van der Waals surface area contributed by atoms with Crippen molar-refractivity contribution in [1.29, 1.82) is 0 Å². The van der Waals surface area contributed by atoms with Crippen LogP contribution in [0.3, 0.4) is 0 Å². The van der Waals surface area contributed by atoms with E-state index in [0.29, 0.717) is 64.1 Å². The van der Waals surface area contributed by atoms with Gasteiger partial charge in [-0.3, -0.25) is 19.2 Å². The molecule has 1 aliphatic rings. The fraction of sp³-hybridized carbons (Fsp3) is 0. The summed E-state index contributed by atoms with van der Waals surface area (Å²) in [6.07, 6.45) is 0. The smallest absolute Gasteiger partial charge is 0.194 e. The second-order valence-electron chi connectivity index (χ2n) is 13.8. The SMILES string of the molecule is O=C(c1ccccc1)c1cc(C(=O)c2ccccc2)c2cc1Sc1cccc(c1)Sc1cc(c(C(=O)c3ccccc3)cc1C(=O)c1ccccc1)Sc1cccc(c1)S2. The molecule has 8 aromatic rings. The molecule has 1 heterocycles. The molecular formula is C52H32O4S4. The number of rotatable bonds is 8. The molecule has 0 atom stereocenters. The number of hydrogen-bond donors (Lipinski definition) is 0. The minimum Gasteiger partial charge on any atom is -0.289 e. The second-order valence-corrected chi connectivity index (χ2v) is 18.3. The van der Waals surface area contributed by atoms with Crippen LogP contribution >= 0.6 is 47.0 Å². The molecule has 288 valence electrons. The molecular weight excluding hydrogens is 817 g/mol. The summed E-state index contributed by atoms with van der Waals surface area (Å²) in [7, 11) is 0. The van der Waals surface area contributed by atoms with Crippen LogP contribution in [0.15, 0.2) is 233 Å². The fourth-order valence-corrected chi connectivity index (χ4v) is 11.3. The Morgan fingerprint density at radius 1 is 0.250 bits per heavy atom. The Bertz CT molecular complexity index is 2550. The van der Waals surface area contributed by atoms with Gasteiger partial charge in [0.05, 0.1) is 0 Å². The average molecular weight is 849 g/mol. The van der Waals surface area contributed by atoms with Crippen molar-refractivity contribution < 1.29 is 19.2 Å². The van der Waals surface area contributed by atoms with Crippen molar-refractivity contribution in [3.05, 3.63) is 239 Å². The molecule has 8 aromatic carbocycles. The molecule has 0 saturated carbocycles. The summed E-state index contributed by atoms with van der Waals surface area (Å²) in [5.74, 6) is -0.734. The van der Waals surface area contributed by atoms with Gasteiger partial charge in [-0.1, -0.05) is 181 Å². The van der Waals surface area contributed by atoms with E-state index >= 15 is 0 Å². The van der Waals surface area contributed by atoms with E-state index in [2.05, 4.69) is 0 Å². The largest absolute Gasteiger partial charge is 0.289 e. The molecule has 4 nitrogen and oxygen atoms in total. The third-order valence-corrected chi connectivity index (χ3v) is 14.0. The van der Waals surface area contributed by atoms with Gasteiger partial charge in [0.15, 0.2) is 23.1 Å². The molecule has 8 heteroatoms. The highest BCUT2D eigenvalue weighted by Crippen LogP contribution is 2.45. The lowest BCUT2D eigenvalue weighted by Gasteiger charge is -2.18. The van der Waals surface area contributed by atoms with Gasteiger partial charge in [0, 0.05) is 83.7 Å². The van der Waals surface area contributed by atoms with Crippen LogP contribution in [0.25, 0.3) is 0 Å². The highest BCUT2D eigenvalue weighted by Gasteiger charge is 2.26. The first-order valence-electron chi connectivity index (χ1n) is 19.0. The maximum absolute atomic E-state index is 14.4. The quantitative estimate of drug-likeness (QED) is 0.140. The zero-order valence-electron chi connectivity index (χ0n) is 31.7. The lowest BCUT2D eigenvalue weighted by molar-refractivity contribution is 0.102. The normalized spacial score (nSPS) is 12.0. The average Bonchev–Trinajstić information content (AvgIpc) is 3.29. The van der Waals surface area contributed by atoms with E-state index < -0.39 is 0 Å². The van der Waals surface area contributed by atoms with Crippen molar-refractivity contribution in [3.63, 3.8) is 0 Å². The van der Waals surface area contributed by atoms with Gasteiger partial charge < -0.3 is 0 Å². The van der Waals surface area contributed by atoms with Crippen molar-refractivity contribution in [1.82, 2.24) is 0 Å². The summed E-state index contributed by atoms with van der Waals surface area (Å²) in [6, 6.07) is 59.9. The van der Waals surface area contributed by atoms with Crippen molar-refractivity contribution in [2.75, 3.05) is 0 Å². The van der Waals surface area contributed by atoms with Gasteiger partial charge in [0.2, 0.25) is 0 Å². The summed E-state index contributed by atoms with van der Waals surface area (Å²) in [5, 5.41) is 0. The molecule has 8 bridgehead atoms. The molecule has 0 unspecified atom stereocenters.